The SMILES string of the molecule is CC(C)CCCNC1=NCC(c2ccccc2)S1. The number of amidine groups is 1. The molecule has 2 rings (SSSR count). The summed E-state index contributed by atoms with van der Waals surface area (Å²) in [7, 11) is 0. The first-order valence-corrected chi connectivity index (χ1v) is 7.63. The Morgan fingerprint density at radius 2 is 2.11 bits per heavy atom. The Morgan fingerprint density at radius 3 is 2.83 bits per heavy atom. The first kappa shape index (κ1) is 13.5. The van der Waals surface area contributed by atoms with E-state index in [2.05, 4.69) is 54.5 Å². The lowest BCUT2D eigenvalue weighted by molar-refractivity contribution is 0.552. The van der Waals surface area contributed by atoms with Gasteiger partial charge >= 0.3 is 0 Å². The van der Waals surface area contributed by atoms with Gasteiger partial charge < -0.3 is 5.32 Å². The summed E-state index contributed by atoms with van der Waals surface area (Å²) in [6.07, 6.45) is 2.51. The molecule has 1 unspecified atom stereocenters. The van der Waals surface area contributed by atoms with E-state index in [9.17, 15) is 0 Å². The van der Waals surface area contributed by atoms with E-state index in [0.29, 0.717) is 5.25 Å². The molecule has 0 amide bonds. The first-order chi connectivity index (χ1) is 8.75. The number of rotatable bonds is 5. The van der Waals surface area contributed by atoms with Gasteiger partial charge in [-0.25, -0.2) is 0 Å². The lowest BCUT2D eigenvalue weighted by atomic mass is 10.1. The van der Waals surface area contributed by atoms with Gasteiger partial charge in [-0.2, -0.15) is 0 Å². The van der Waals surface area contributed by atoms with Crippen molar-refractivity contribution in [3.63, 3.8) is 0 Å². The van der Waals surface area contributed by atoms with E-state index in [1.165, 1.54) is 18.4 Å². The molecule has 0 spiro atoms. The van der Waals surface area contributed by atoms with Crippen LogP contribution in [0, 0.1) is 5.92 Å². The van der Waals surface area contributed by atoms with Crippen LogP contribution in [0.15, 0.2) is 35.3 Å². The highest BCUT2D eigenvalue weighted by Gasteiger charge is 2.20. The molecule has 3 heteroatoms. The van der Waals surface area contributed by atoms with Crippen LogP contribution in [0.25, 0.3) is 0 Å². The molecule has 0 saturated carbocycles. The zero-order chi connectivity index (χ0) is 12.8. The van der Waals surface area contributed by atoms with E-state index in [1.807, 2.05) is 11.8 Å². The third-order valence-electron chi connectivity index (χ3n) is 3.06. The summed E-state index contributed by atoms with van der Waals surface area (Å²) in [5.74, 6) is 0.794. The molecule has 1 atom stereocenters. The summed E-state index contributed by atoms with van der Waals surface area (Å²) < 4.78 is 0. The minimum atomic E-state index is 0.499. The maximum absolute atomic E-state index is 4.58. The second-order valence-corrected chi connectivity index (χ2v) is 6.32. The number of hydrogen-bond acceptors (Lipinski definition) is 3. The molecule has 1 N–H and O–H groups in total. The second kappa shape index (κ2) is 6.83. The third-order valence-corrected chi connectivity index (χ3v) is 4.26. The molecule has 0 aliphatic carbocycles. The van der Waals surface area contributed by atoms with Gasteiger partial charge in [-0.15, -0.1) is 0 Å². The number of thioether (sulfide) groups is 1. The summed E-state index contributed by atoms with van der Waals surface area (Å²) >= 11 is 1.86. The summed E-state index contributed by atoms with van der Waals surface area (Å²) in [5.41, 5.74) is 1.38. The maximum atomic E-state index is 4.58. The standard InChI is InChI=1S/C15H22N2S/c1-12(2)7-6-10-16-15-17-11-14(18-15)13-8-4-3-5-9-13/h3-5,8-9,12,14H,6-7,10-11H2,1-2H3,(H,16,17). The average Bonchev–Trinajstić information content (AvgIpc) is 2.84. The van der Waals surface area contributed by atoms with Crippen LogP contribution in [0.3, 0.4) is 0 Å². The molecule has 0 aromatic heterocycles. The van der Waals surface area contributed by atoms with E-state index in [-0.39, 0.29) is 0 Å². The van der Waals surface area contributed by atoms with Crippen LogP contribution in [0.1, 0.15) is 37.5 Å². The maximum Gasteiger partial charge on any atom is 0.157 e. The quantitative estimate of drug-likeness (QED) is 0.815. The largest absolute Gasteiger partial charge is 0.365 e. The van der Waals surface area contributed by atoms with Gasteiger partial charge in [0.2, 0.25) is 0 Å². The minimum Gasteiger partial charge on any atom is -0.365 e. The molecule has 1 heterocycles. The van der Waals surface area contributed by atoms with Gasteiger partial charge in [0.15, 0.2) is 5.17 Å². The number of nitrogens with zero attached hydrogens (tertiary/aromatic N) is 1. The van der Waals surface area contributed by atoms with Gasteiger partial charge in [-0.05, 0) is 24.3 Å². The fourth-order valence-electron chi connectivity index (χ4n) is 2.02. The molecular weight excluding hydrogens is 240 g/mol. The molecule has 0 saturated heterocycles. The van der Waals surface area contributed by atoms with Crippen LogP contribution in [0.2, 0.25) is 0 Å². The van der Waals surface area contributed by atoms with Crippen molar-refractivity contribution in [2.45, 2.75) is 31.9 Å². The summed E-state index contributed by atoms with van der Waals surface area (Å²) in [4.78, 5) is 4.58. The average molecular weight is 262 g/mol. The van der Waals surface area contributed by atoms with Crippen LogP contribution >= 0.6 is 11.8 Å². The van der Waals surface area contributed by atoms with Gasteiger partial charge in [0.25, 0.3) is 0 Å². The number of nitrogens with one attached hydrogen (secondary N) is 1. The topological polar surface area (TPSA) is 24.4 Å². The van der Waals surface area contributed by atoms with E-state index in [4.69, 9.17) is 0 Å². The van der Waals surface area contributed by atoms with Crippen LogP contribution in [0.4, 0.5) is 0 Å². The molecule has 2 nitrogen and oxygen atoms in total. The van der Waals surface area contributed by atoms with Crippen molar-refractivity contribution in [1.29, 1.82) is 0 Å². The fraction of sp³-hybridized carbons (Fsp3) is 0.533. The van der Waals surface area contributed by atoms with Crippen molar-refractivity contribution in [2.75, 3.05) is 13.1 Å². The van der Waals surface area contributed by atoms with Crippen molar-refractivity contribution in [3.8, 4) is 0 Å². The molecule has 1 aromatic carbocycles. The first-order valence-electron chi connectivity index (χ1n) is 6.75. The van der Waals surface area contributed by atoms with Crippen molar-refractivity contribution < 1.29 is 0 Å². The van der Waals surface area contributed by atoms with Crippen molar-refractivity contribution in [1.82, 2.24) is 5.32 Å². The Labute approximate surface area is 114 Å². The Hall–Kier alpha value is -0.960. The molecule has 1 aliphatic heterocycles. The highest BCUT2D eigenvalue weighted by molar-refractivity contribution is 8.14. The molecule has 1 aromatic rings. The van der Waals surface area contributed by atoms with Gasteiger partial charge in [0.1, 0.15) is 0 Å². The monoisotopic (exact) mass is 262 g/mol. The predicted octanol–water partition coefficient (Wildman–Crippen LogP) is 3.86. The lowest BCUT2D eigenvalue weighted by Crippen LogP contribution is -2.20. The smallest absolute Gasteiger partial charge is 0.157 e. The van der Waals surface area contributed by atoms with Crippen molar-refractivity contribution in [2.24, 2.45) is 10.9 Å². The Bertz CT molecular complexity index is 387. The molecule has 0 bridgehead atoms. The molecule has 98 valence electrons. The molecule has 1 aliphatic rings. The van der Waals surface area contributed by atoms with Crippen molar-refractivity contribution in [3.05, 3.63) is 35.9 Å². The van der Waals surface area contributed by atoms with Crippen LogP contribution in [0.5, 0.6) is 0 Å². The molecular formula is C15H22N2S. The van der Waals surface area contributed by atoms with E-state index in [0.717, 1.165) is 24.2 Å². The van der Waals surface area contributed by atoms with Gasteiger partial charge in [-0.3, -0.25) is 4.99 Å². The zero-order valence-electron chi connectivity index (χ0n) is 11.2. The number of benzene rings is 1. The number of aliphatic imine (C=N–C) groups is 1. The highest BCUT2D eigenvalue weighted by atomic mass is 32.2. The van der Waals surface area contributed by atoms with E-state index in [1.54, 1.807) is 0 Å². The molecule has 0 fully saturated rings. The lowest BCUT2D eigenvalue weighted by Gasteiger charge is -2.09. The van der Waals surface area contributed by atoms with Crippen LogP contribution in [-0.2, 0) is 0 Å². The van der Waals surface area contributed by atoms with E-state index < -0.39 is 0 Å². The van der Waals surface area contributed by atoms with Crippen molar-refractivity contribution >= 4 is 16.9 Å². The zero-order valence-corrected chi connectivity index (χ0v) is 12.0. The van der Waals surface area contributed by atoms with Crippen LogP contribution < -0.4 is 5.32 Å². The van der Waals surface area contributed by atoms with Crippen LogP contribution in [-0.4, -0.2) is 18.3 Å². The molecule has 0 radical (unpaired) electrons. The Morgan fingerprint density at radius 1 is 1.33 bits per heavy atom. The van der Waals surface area contributed by atoms with E-state index >= 15 is 0 Å². The third kappa shape index (κ3) is 4.05. The Kier molecular flexibility index (Phi) is 5.12. The summed E-state index contributed by atoms with van der Waals surface area (Å²) in [5, 5.41) is 5.07. The highest BCUT2D eigenvalue weighted by Crippen LogP contribution is 2.34. The van der Waals surface area contributed by atoms with Gasteiger partial charge in [0.05, 0.1) is 11.8 Å². The van der Waals surface area contributed by atoms with Gasteiger partial charge in [-0.1, -0.05) is 55.9 Å². The predicted molar refractivity (Wildman–Crippen MR) is 81.2 cm³/mol. The number of hydrogen-bond donors (Lipinski definition) is 1. The van der Waals surface area contributed by atoms with Gasteiger partial charge in [0, 0.05) is 6.54 Å². The second-order valence-electron chi connectivity index (χ2n) is 5.13. The fourth-order valence-corrected chi connectivity index (χ4v) is 3.07. The molecule has 18 heavy (non-hydrogen) atoms. The minimum absolute atomic E-state index is 0.499. The summed E-state index contributed by atoms with van der Waals surface area (Å²) in [6, 6.07) is 10.6. The Balaban J connectivity index is 1.71. The normalized spacial score (nSPS) is 19.1. The summed E-state index contributed by atoms with van der Waals surface area (Å²) in [6.45, 7) is 6.49.